The molecule has 0 N–H and O–H groups in total. The van der Waals surface area contributed by atoms with Crippen LogP contribution in [0.1, 0.15) is 19.3 Å². The topological polar surface area (TPSA) is 26.3 Å². The Bertz CT molecular complexity index is 82.4. The van der Waals surface area contributed by atoms with Gasteiger partial charge in [-0.15, -0.1) is 0 Å². The van der Waals surface area contributed by atoms with Crippen molar-refractivity contribution >= 4 is 11.1 Å². The first kappa shape index (κ1) is 6.23. The second-order valence-corrected chi connectivity index (χ2v) is 3.14. The zero-order valence-electron chi connectivity index (χ0n) is 4.76. The van der Waals surface area contributed by atoms with Gasteiger partial charge in [0.15, 0.2) is 11.1 Å². The van der Waals surface area contributed by atoms with Gasteiger partial charge in [0.1, 0.15) is 0 Å². The van der Waals surface area contributed by atoms with E-state index in [1.807, 2.05) is 0 Å². The van der Waals surface area contributed by atoms with Crippen LogP contribution < -0.4 is 0 Å². The first-order valence-electron chi connectivity index (χ1n) is 2.91. The van der Waals surface area contributed by atoms with Gasteiger partial charge >= 0.3 is 0 Å². The zero-order valence-corrected chi connectivity index (χ0v) is 5.58. The highest BCUT2D eigenvalue weighted by Gasteiger charge is 2.03. The third-order valence-corrected chi connectivity index (χ3v) is 2.22. The largest absolute Gasteiger partial charge is 0.291 e. The number of hydrogen-bond acceptors (Lipinski definition) is 2. The van der Waals surface area contributed by atoms with Crippen molar-refractivity contribution in [2.75, 3.05) is 12.4 Å². The van der Waals surface area contributed by atoms with Crippen molar-refractivity contribution in [1.82, 2.24) is 0 Å². The number of hydrogen-bond donors (Lipinski definition) is 0. The Kier molecular flexibility index (Phi) is 2.49. The van der Waals surface area contributed by atoms with Gasteiger partial charge in [0.2, 0.25) is 0 Å². The molecule has 8 heavy (non-hydrogen) atoms. The lowest BCUT2D eigenvalue weighted by atomic mass is 10.3. The average molecular weight is 134 g/mol. The fourth-order valence-corrected chi connectivity index (χ4v) is 1.57. The highest BCUT2D eigenvalue weighted by molar-refractivity contribution is 7.80. The molecule has 1 atom stereocenters. The van der Waals surface area contributed by atoms with Crippen molar-refractivity contribution in [3.63, 3.8) is 0 Å². The van der Waals surface area contributed by atoms with E-state index < -0.39 is 11.1 Å². The quantitative estimate of drug-likeness (QED) is 0.491. The van der Waals surface area contributed by atoms with Crippen LogP contribution in [0.25, 0.3) is 0 Å². The maximum absolute atomic E-state index is 10.6. The van der Waals surface area contributed by atoms with E-state index in [0.717, 1.165) is 18.6 Å². The lowest BCUT2D eigenvalue weighted by Gasteiger charge is -1.91. The SMILES string of the molecule is O=S1CCCCCO1. The summed E-state index contributed by atoms with van der Waals surface area (Å²) < 4.78 is 15.4. The Morgan fingerprint density at radius 3 is 3.00 bits per heavy atom. The van der Waals surface area contributed by atoms with Gasteiger partial charge in [-0.3, -0.25) is 4.18 Å². The van der Waals surface area contributed by atoms with Crippen LogP contribution in [-0.4, -0.2) is 16.6 Å². The third-order valence-electron chi connectivity index (χ3n) is 1.17. The molecule has 1 aliphatic heterocycles. The van der Waals surface area contributed by atoms with Crippen LogP contribution in [0.15, 0.2) is 0 Å². The van der Waals surface area contributed by atoms with E-state index in [0.29, 0.717) is 6.61 Å². The summed E-state index contributed by atoms with van der Waals surface area (Å²) in [5.74, 6) is 0.736. The predicted molar refractivity (Wildman–Crippen MR) is 32.8 cm³/mol. The summed E-state index contributed by atoms with van der Waals surface area (Å²) in [6, 6.07) is 0. The van der Waals surface area contributed by atoms with E-state index in [2.05, 4.69) is 0 Å². The Balaban J connectivity index is 2.27. The molecule has 1 aliphatic rings. The summed E-state index contributed by atoms with van der Waals surface area (Å²) >= 11 is -0.958. The van der Waals surface area contributed by atoms with Crippen molar-refractivity contribution in [1.29, 1.82) is 0 Å². The molecule has 1 rings (SSSR count). The first-order chi connectivity index (χ1) is 3.89. The standard InChI is InChI=1S/C5H10O2S/c6-8-5-3-1-2-4-7-8/h1-5H2. The summed E-state index contributed by atoms with van der Waals surface area (Å²) in [6.07, 6.45) is 3.31. The minimum atomic E-state index is -0.958. The highest BCUT2D eigenvalue weighted by atomic mass is 32.2. The fraction of sp³-hybridized carbons (Fsp3) is 1.00. The molecule has 0 aromatic carbocycles. The molecule has 0 bridgehead atoms. The monoisotopic (exact) mass is 134 g/mol. The maximum Gasteiger partial charge on any atom is 0.155 e. The van der Waals surface area contributed by atoms with Gasteiger partial charge in [0, 0.05) is 5.75 Å². The van der Waals surface area contributed by atoms with E-state index >= 15 is 0 Å². The van der Waals surface area contributed by atoms with E-state index in [-0.39, 0.29) is 0 Å². The molecule has 0 amide bonds. The summed E-state index contributed by atoms with van der Waals surface area (Å²) in [7, 11) is 0. The van der Waals surface area contributed by atoms with Gasteiger partial charge in [-0.05, 0) is 12.8 Å². The molecule has 0 aliphatic carbocycles. The van der Waals surface area contributed by atoms with Crippen molar-refractivity contribution < 1.29 is 8.39 Å². The van der Waals surface area contributed by atoms with E-state index in [9.17, 15) is 4.21 Å². The fourth-order valence-electron chi connectivity index (χ4n) is 0.710. The molecule has 3 heteroatoms. The van der Waals surface area contributed by atoms with Gasteiger partial charge in [0.25, 0.3) is 0 Å². The predicted octanol–water partition coefficient (Wildman–Crippen LogP) is 0.851. The number of rotatable bonds is 0. The smallest absolute Gasteiger partial charge is 0.155 e. The Labute approximate surface area is 51.9 Å². The lowest BCUT2D eigenvalue weighted by molar-refractivity contribution is 0.347. The summed E-state index contributed by atoms with van der Waals surface area (Å²) in [5, 5.41) is 0. The molecule has 0 aromatic rings. The lowest BCUT2D eigenvalue weighted by Crippen LogP contribution is -1.97. The summed E-state index contributed by atoms with van der Waals surface area (Å²) in [5.41, 5.74) is 0. The van der Waals surface area contributed by atoms with Crippen LogP contribution in [0.5, 0.6) is 0 Å². The molecular formula is C5H10O2S. The molecule has 0 radical (unpaired) electrons. The molecule has 1 unspecified atom stereocenters. The van der Waals surface area contributed by atoms with Gasteiger partial charge in [-0.1, -0.05) is 6.42 Å². The van der Waals surface area contributed by atoms with Crippen molar-refractivity contribution in [3.05, 3.63) is 0 Å². The Morgan fingerprint density at radius 1 is 1.25 bits per heavy atom. The summed E-state index contributed by atoms with van der Waals surface area (Å²) in [6.45, 7) is 0.687. The molecule has 0 saturated carbocycles. The van der Waals surface area contributed by atoms with E-state index in [4.69, 9.17) is 4.18 Å². The van der Waals surface area contributed by atoms with Crippen LogP contribution >= 0.6 is 0 Å². The van der Waals surface area contributed by atoms with Crippen LogP contribution in [0.4, 0.5) is 0 Å². The maximum atomic E-state index is 10.6. The third kappa shape index (κ3) is 1.92. The Hall–Kier alpha value is 0.110. The molecule has 1 saturated heterocycles. The first-order valence-corrected chi connectivity index (χ1v) is 4.15. The van der Waals surface area contributed by atoms with Crippen LogP contribution in [0, 0.1) is 0 Å². The van der Waals surface area contributed by atoms with Crippen LogP contribution in [0.3, 0.4) is 0 Å². The normalized spacial score (nSPS) is 31.8. The molecule has 0 aromatic heterocycles. The molecule has 1 heterocycles. The second-order valence-electron chi connectivity index (χ2n) is 1.89. The molecular weight excluding hydrogens is 124 g/mol. The van der Waals surface area contributed by atoms with Gasteiger partial charge in [-0.2, -0.15) is 0 Å². The van der Waals surface area contributed by atoms with Crippen molar-refractivity contribution in [3.8, 4) is 0 Å². The summed E-state index contributed by atoms with van der Waals surface area (Å²) in [4.78, 5) is 0. The van der Waals surface area contributed by atoms with Gasteiger partial charge in [0.05, 0.1) is 6.61 Å². The Morgan fingerprint density at radius 2 is 2.12 bits per heavy atom. The minimum absolute atomic E-state index is 0.687. The van der Waals surface area contributed by atoms with E-state index in [1.165, 1.54) is 6.42 Å². The van der Waals surface area contributed by atoms with E-state index in [1.54, 1.807) is 0 Å². The minimum Gasteiger partial charge on any atom is -0.291 e. The molecule has 2 nitrogen and oxygen atoms in total. The average Bonchev–Trinajstić information content (AvgIpc) is 1.94. The molecule has 0 spiro atoms. The van der Waals surface area contributed by atoms with Crippen molar-refractivity contribution in [2.45, 2.75) is 19.3 Å². The van der Waals surface area contributed by atoms with Gasteiger partial charge in [-0.25, -0.2) is 4.21 Å². The van der Waals surface area contributed by atoms with Gasteiger partial charge < -0.3 is 0 Å². The molecule has 1 fully saturated rings. The molecule has 48 valence electrons. The van der Waals surface area contributed by atoms with Crippen LogP contribution in [0.2, 0.25) is 0 Å². The second kappa shape index (κ2) is 3.20. The van der Waals surface area contributed by atoms with Crippen molar-refractivity contribution in [2.24, 2.45) is 0 Å². The van der Waals surface area contributed by atoms with Crippen LogP contribution in [-0.2, 0) is 15.3 Å². The zero-order chi connectivity index (χ0) is 5.82. The highest BCUT2D eigenvalue weighted by Crippen LogP contribution is 2.04.